The highest BCUT2D eigenvalue weighted by Gasteiger charge is 2.45. The normalized spacial score (nSPS) is 23.4. The van der Waals surface area contributed by atoms with Crippen molar-refractivity contribution in [2.24, 2.45) is 0 Å². The van der Waals surface area contributed by atoms with Gasteiger partial charge in [-0.1, -0.05) is 19.3 Å². The van der Waals surface area contributed by atoms with Crippen LogP contribution in [0.2, 0.25) is 0 Å². The van der Waals surface area contributed by atoms with Gasteiger partial charge in [0.1, 0.15) is 10.5 Å². The summed E-state index contributed by atoms with van der Waals surface area (Å²) in [6.07, 6.45) is 8.12. The highest BCUT2D eigenvalue weighted by Crippen LogP contribution is 2.36. The van der Waals surface area contributed by atoms with E-state index in [1.807, 2.05) is 6.92 Å². The Morgan fingerprint density at radius 1 is 1.27 bits per heavy atom. The molecule has 1 aromatic rings. The summed E-state index contributed by atoms with van der Waals surface area (Å²) in [6, 6.07) is 0.00704. The fourth-order valence-corrected chi connectivity index (χ4v) is 4.74. The SMILES string of the molecule is Cc1csc([C@H](C)NC(=O)C2(N3CCCC3)CCCCC2)n1. The summed E-state index contributed by atoms with van der Waals surface area (Å²) in [5.41, 5.74) is 0.781. The molecule has 0 bridgehead atoms. The molecule has 0 radical (unpaired) electrons. The van der Waals surface area contributed by atoms with Crippen LogP contribution in [0, 0.1) is 6.92 Å². The third-order valence-electron chi connectivity index (χ3n) is 5.17. The Morgan fingerprint density at radius 2 is 1.95 bits per heavy atom. The average molecular weight is 321 g/mol. The maximum Gasteiger partial charge on any atom is 0.241 e. The minimum atomic E-state index is -0.255. The molecule has 5 heteroatoms. The number of nitrogens with one attached hydrogen (secondary N) is 1. The molecular weight excluding hydrogens is 294 g/mol. The highest BCUT2D eigenvalue weighted by atomic mass is 32.1. The van der Waals surface area contributed by atoms with E-state index in [0.29, 0.717) is 0 Å². The number of nitrogens with zero attached hydrogens (tertiary/aromatic N) is 2. The van der Waals surface area contributed by atoms with E-state index in [0.717, 1.165) is 36.6 Å². The second kappa shape index (κ2) is 6.67. The number of likely N-dealkylation sites (tertiary alicyclic amines) is 1. The lowest BCUT2D eigenvalue weighted by atomic mass is 9.79. The molecule has 122 valence electrons. The van der Waals surface area contributed by atoms with E-state index >= 15 is 0 Å². The minimum Gasteiger partial charge on any atom is -0.346 e. The fraction of sp³-hybridized carbons (Fsp3) is 0.765. The van der Waals surface area contributed by atoms with Crippen LogP contribution in [0.5, 0.6) is 0 Å². The van der Waals surface area contributed by atoms with Crippen molar-refractivity contribution in [1.29, 1.82) is 0 Å². The first-order valence-electron chi connectivity index (χ1n) is 8.60. The average Bonchev–Trinajstić information content (AvgIpc) is 3.19. The lowest BCUT2D eigenvalue weighted by Gasteiger charge is -2.43. The van der Waals surface area contributed by atoms with Gasteiger partial charge in [-0.25, -0.2) is 4.98 Å². The lowest BCUT2D eigenvalue weighted by molar-refractivity contribution is -0.136. The van der Waals surface area contributed by atoms with Crippen molar-refractivity contribution in [3.63, 3.8) is 0 Å². The van der Waals surface area contributed by atoms with Gasteiger partial charge in [0.25, 0.3) is 0 Å². The van der Waals surface area contributed by atoms with Crippen LogP contribution in [0.25, 0.3) is 0 Å². The van der Waals surface area contributed by atoms with Crippen LogP contribution in [-0.4, -0.2) is 34.4 Å². The van der Waals surface area contributed by atoms with E-state index in [9.17, 15) is 4.79 Å². The van der Waals surface area contributed by atoms with Crippen LogP contribution < -0.4 is 5.32 Å². The third kappa shape index (κ3) is 3.06. The largest absolute Gasteiger partial charge is 0.346 e. The van der Waals surface area contributed by atoms with Gasteiger partial charge in [-0.15, -0.1) is 11.3 Å². The lowest BCUT2D eigenvalue weighted by Crippen LogP contribution is -2.59. The van der Waals surface area contributed by atoms with Gasteiger partial charge in [-0.2, -0.15) is 0 Å². The number of aryl methyl sites for hydroxylation is 1. The Labute approximate surface area is 137 Å². The summed E-state index contributed by atoms with van der Waals surface area (Å²) in [5, 5.41) is 6.33. The summed E-state index contributed by atoms with van der Waals surface area (Å²) in [7, 11) is 0. The first kappa shape index (κ1) is 15.9. The standard InChI is InChI=1S/C17H27N3OS/c1-13-12-22-15(18-13)14(2)19-16(21)17(8-4-3-5-9-17)20-10-6-7-11-20/h12,14H,3-11H2,1-2H3,(H,19,21)/t14-/m0/s1. The molecule has 1 saturated carbocycles. The van der Waals surface area contributed by atoms with Gasteiger partial charge < -0.3 is 5.32 Å². The Bertz CT molecular complexity index is 516. The van der Waals surface area contributed by atoms with E-state index in [2.05, 4.69) is 27.5 Å². The summed E-state index contributed by atoms with van der Waals surface area (Å²) >= 11 is 1.64. The van der Waals surface area contributed by atoms with E-state index in [1.54, 1.807) is 11.3 Å². The number of amides is 1. The van der Waals surface area contributed by atoms with E-state index < -0.39 is 0 Å². The van der Waals surface area contributed by atoms with Gasteiger partial charge in [0.05, 0.1) is 6.04 Å². The summed E-state index contributed by atoms with van der Waals surface area (Å²) in [4.78, 5) is 20.1. The Kier molecular flexibility index (Phi) is 4.83. The van der Waals surface area contributed by atoms with Crippen molar-refractivity contribution in [1.82, 2.24) is 15.2 Å². The Balaban J connectivity index is 1.74. The monoisotopic (exact) mass is 321 g/mol. The molecule has 2 aliphatic rings. The predicted molar refractivity (Wildman–Crippen MR) is 90.0 cm³/mol. The van der Waals surface area contributed by atoms with E-state index in [4.69, 9.17) is 0 Å². The minimum absolute atomic E-state index is 0.00704. The topological polar surface area (TPSA) is 45.2 Å². The molecule has 1 aliphatic heterocycles. The van der Waals surface area contributed by atoms with Gasteiger partial charge in [0.15, 0.2) is 0 Å². The number of carbonyl (C=O) groups is 1. The van der Waals surface area contributed by atoms with Gasteiger partial charge in [-0.3, -0.25) is 9.69 Å². The summed E-state index contributed by atoms with van der Waals surface area (Å²) in [5.74, 6) is 0.231. The van der Waals surface area contributed by atoms with Crippen molar-refractivity contribution in [2.45, 2.75) is 70.4 Å². The van der Waals surface area contributed by atoms with Gasteiger partial charge >= 0.3 is 0 Å². The number of hydrogen-bond donors (Lipinski definition) is 1. The van der Waals surface area contributed by atoms with Crippen molar-refractivity contribution in [2.75, 3.05) is 13.1 Å². The maximum absolute atomic E-state index is 13.1. The number of aromatic nitrogens is 1. The first-order chi connectivity index (χ1) is 10.6. The Hall–Kier alpha value is -0.940. The van der Waals surface area contributed by atoms with Crippen molar-refractivity contribution >= 4 is 17.2 Å². The molecule has 0 spiro atoms. The van der Waals surface area contributed by atoms with Crippen LogP contribution in [-0.2, 0) is 4.79 Å². The molecule has 1 amide bonds. The first-order valence-corrected chi connectivity index (χ1v) is 9.48. The molecular formula is C17H27N3OS. The molecule has 2 fully saturated rings. The van der Waals surface area contributed by atoms with Gasteiger partial charge in [-0.05, 0) is 52.6 Å². The number of carbonyl (C=O) groups excluding carboxylic acids is 1. The molecule has 4 nitrogen and oxygen atoms in total. The number of rotatable bonds is 4. The molecule has 0 unspecified atom stereocenters. The quantitative estimate of drug-likeness (QED) is 0.924. The second-order valence-electron chi connectivity index (χ2n) is 6.81. The molecule has 1 aliphatic carbocycles. The zero-order valence-electron chi connectivity index (χ0n) is 13.7. The van der Waals surface area contributed by atoms with Crippen LogP contribution in [0.4, 0.5) is 0 Å². The van der Waals surface area contributed by atoms with E-state index in [1.165, 1.54) is 32.1 Å². The maximum atomic E-state index is 13.1. The third-order valence-corrected chi connectivity index (χ3v) is 6.31. The van der Waals surface area contributed by atoms with Crippen molar-refractivity contribution in [3.8, 4) is 0 Å². The molecule has 3 rings (SSSR count). The van der Waals surface area contributed by atoms with Gasteiger partial charge in [0, 0.05) is 11.1 Å². The van der Waals surface area contributed by atoms with Crippen LogP contribution in [0.15, 0.2) is 5.38 Å². The number of hydrogen-bond acceptors (Lipinski definition) is 4. The summed E-state index contributed by atoms with van der Waals surface area (Å²) < 4.78 is 0. The molecule has 2 heterocycles. The molecule has 1 atom stereocenters. The zero-order valence-corrected chi connectivity index (χ0v) is 14.5. The van der Waals surface area contributed by atoms with Crippen molar-refractivity contribution < 1.29 is 4.79 Å². The number of thiazole rings is 1. The van der Waals surface area contributed by atoms with Crippen LogP contribution in [0.3, 0.4) is 0 Å². The molecule has 1 aromatic heterocycles. The molecule has 0 aromatic carbocycles. The highest BCUT2D eigenvalue weighted by molar-refractivity contribution is 7.09. The Morgan fingerprint density at radius 3 is 2.55 bits per heavy atom. The molecule has 22 heavy (non-hydrogen) atoms. The molecule has 1 saturated heterocycles. The van der Waals surface area contributed by atoms with Crippen molar-refractivity contribution in [3.05, 3.63) is 16.1 Å². The second-order valence-corrected chi connectivity index (χ2v) is 7.70. The zero-order chi connectivity index (χ0) is 15.6. The predicted octanol–water partition coefficient (Wildman–Crippen LogP) is 3.43. The van der Waals surface area contributed by atoms with Crippen LogP contribution in [0.1, 0.15) is 68.6 Å². The smallest absolute Gasteiger partial charge is 0.241 e. The van der Waals surface area contributed by atoms with Crippen LogP contribution >= 0.6 is 11.3 Å². The van der Waals surface area contributed by atoms with E-state index in [-0.39, 0.29) is 17.5 Å². The fourth-order valence-electron chi connectivity index (χ4n) is 3.93. The molecule has 1 N–H and O–H groups in total. The summed E-state index contributed by atoms with van der Waals surface area (Å²) in [6.45, 7) is 6.22. The van der Waals surface area contributed by atoms with Gasteiger partial charge in [0.2, 0.25) is 5.91 Å².